The Hall–Kier alpha value is -3.65. The highest BCUT2D eigenvalue weighted by molar-refractivity contribution is 5.80. The van der Waals surface area contributed by atoms with Gasteiger partial charge in [-0.05, 0) is 46.7 Å². The highest BCUT2D eigenvalue weighted by Crippen LogP contribution is 2.20. The van der Waals surface area contributed by atoms with E-state index in [1.54, 1.807) is 0 Å². The first-order valence-corrected chi connectivity index (χ1v) is 9.75. The van der Waals surface area contributed by atoms with Crippen molar-refractivity contribution in [3.8, 4) is 0 Å². The topological polar surface area (TPSA) is 32.6 Å². The summed E-state index contributed by atoms with van der Waals surface area (Å²) in [7, 11) is 0. The molecule has 0 aliphatic rings. The molecule has 3 aromatic carbocycles. The molecule has 0 heterocycles. The minimum absolute atomic E-state index is 0.849. The van der Waals surface area contributed by atoms with E-state index in [4.69, 9.17) is 5.21 Å². The van der Waals surface area contributed by atoms with Gasteiger partial charge in [0.2, 0.25) is 0 Å². The Bertz CT molecular complexity index is 999. The van der Waals surface area contributed by atoms with Gasteiger partial charge in [0, 0.05) is 0 Å². The van der Waals surface area contributed by atoms with E-state index in [0.717, 1.165) is 24.0 Å². The first-order valence-electron chi connectivity index (χ1n) is 9.75. The number of oxime groups is 1. The van der Waals surface area contributed by atoms with E-state index in [2.05, 4.69) is 84.1 Å². The second kappa shape index (κ2) is 11.3. The Balaban J connectivity index is 1.70. The average molecular weight is 380 g/mol. The molecule has 0 atom stereocenters. The molecule has 0 unspecified atom stereocenters. The fraction of sp³-hybridized carbons (Fsp3) is 0.0741. The van der Waals surface area contributed by atoms with Crippen molar-refractivity contribution in [1.29, 1.82) is 0 Å². The van der Waals surface area contributed by atoms with Crippen LogP contribution in [0, 0.1) is 0 Å². The Morgan fingerprint density at radius 3 is 2.14 bits per heavy atom. The van der Waals surface area contributed by atoms with Gasteiger partial charge in [0.1, 0.15) is 0 Å². The third-order valence-electron chi connectivity index (χ3n) is 4.52. The predicted molar refractivity (Wildman–Crippen MR) is 124 cm³/mol. The molecule has 0 spiro atoms. The lowest BCUT2D eigenvalue weighted by Gasteiger charge is -2.05. The molecule has 0 saturated heterocycles. The third kappa shape index (κ3) is 6.78. The van der Waals surface area contributed by atoms with Crippen LogP contribution in [0.3, 0.4) is 0 Å². The van der Waals surface area contributed by atoms with Crippen molar-refractivity contribution in [2.75, 3.05) is 0 Å². The van der Waals surface area contributed by atoms with Gasteiger partial charge in [-0.25, -0.2) is 0 Å². The molecule has 0 aliphatic carbocycles. The predicted octanol–water partition coefficient (Wildman–Crippen LogP) is 7.09. The lowest BCUT2D eigenvalue weighted by Crippen LogP contribution is -1.84. The van der Waals surface area contributed by atoms with Crippen LogP contribution in [0.15, 0.2) is 108 Å². The molecule has 0 bridgehead atoms. The van der Waals surface area contributed by atoms with Gasteiger partial charge in [-0.1, -0.05) is 114 Å². The van der Waals surface area contributed by atoms with Crippen LogP contribution in [-0.4, -0.2) is 11.4 Å². The SMILES string of the molecule is ON=Cc1cccc(/C=C/CC(=CC/C=C/c2ccccc2)c2ccccc2)c1. The second-order valence-electron chi connectivity index (χ2n) is 6.67. The summed E-state index contributed by atoms with van der Waals surface area (Å²) in [5.41, 5.74) is 5.71. The van der Waals surface area contributed by atoms with Crippen molar-refractivity contribution < 1.29 is 5.21 Å². The van der Waals surface area contributed by atoms with Gasteiger partial charge in [0.15, 0.2) is 0 Å². The van der Waals surface area contributed by atoms with Gasteiger partial charge in [-0.15, -0.1) is 0 Å². The lowest BCUT2D eigenvalue weighted by atomic mass is 10.0. The molecule has 0 amide bonds. The van der Waals surface area contributed by atoms with Gasteiger partial charge in [-0.3, -0.25) is 0 Å². The standard InChI is InChI=1S/C27H25NO/c29-28-22-25-16-9-14-24(21-25)15-10-20-27(26-17-5-2-6-18-26)19-8-7-13-23-11-3-1-4-12-23/h1-7,9-19,21-22,29H,8,20H2/b13-7+,15-10+,27-19?,28-22?. The first-order chi connectivity index (χ1) is 14.3. The number of benzene rings is 3. The zero-order valence-electron chi connectivity index (χ0n) is 16.4. The van der Waals surface area contributed by atoms with Crippen LogP contribution in [0.1, 0.15) is 35.1 Å². The first kappa shape index (κ1) is 20.1. The molecular weight excluding hydrogens is 354 g/mol. The fourth-order valence-corrected chi connectivity index (χ4v) is 3.08. The van der Waals surface area contributed by atoms with E-state index in [9.17, 15) is 0 Å². The molecule has 144 valence electrons. The van der Waals surface area contributed by atoms with Crippen molar-refractivity contribution >= 4 is 23.9 Å². The molecule has 3 aromatic rings. The van der Waals surface area contributed by atoms with Crippen molar-refractivity contribution in [1.82, 2.24) is 0 Å². The summed E-state index contributed by atoms with van der Waals surface area (Å²) in [4.78, 5) is 0. The highest BCUT2D eigenvalue weighted by Gasteiger charge is 1.99. The summed E-state index contributed by atoms with van der Waals surface area (Å²) in [5.74, 6) is 0. The number of hydrogen-bond donors (Lipinski definition) is 1. The van der Waals surface area contributed by atoms with Gasteiger partial charge < -0.3 is 5.21 Å². The van der Waals surface area contributed by atoms with Crippen LogP contribution >= 0.6 is 0 Å². The van der Waals surface area contributed by atoms with Gasteiger partial charge in [0.05, 0.1) is 6.21 Å². The third-order valence-corrected chi connectivity index (χ3v) is 4.52. The molecule has 0 radical (unpaired) electrons. The van der Waals surface area contributed by atoms with E-state index in [1.165, 1.54) is 22.9 Å². The molecular formula is C27H25NO. The van der Waals surface area contributed by atoms with Crippen LogP contribution in [0.2, 0.25) is 0 Å². The minimum Gasteiger partial charge on any atom is -0.411 e. The van der Waals surface area contributed by atoms with E-state index < -0.39 is 0 Å². The summed E-state index contributed by atoms with van der Waals surface area (Å²) in [6, 6.07) is 28.7. The monoisotopic (exact) mass is 379 g/mol. The van der Waals surface area contributed by atoms with E-state index >= 15 is 0 Å². The van der Waals surface area contributed by atoms with Gasteiger partial charge in [0.25, 0.3) is 0 Å². The van der Waals surface area contributed by atoms with Crippen molar-refractivity contribution in [2.24, 2.45) is 5.16 Å². The molecule has 3 rings (SSSR count). The fourth-order valence-electron chi connectivity index (χ4n) is 3.08. The van der Waals surface area contributed by atoms with E-state index in [1.807, 2.05) is 36.4 Å². The molecule has 0 saturated carbocycles. The normalized spacial score (nSPS) is 12.3. The summed E-state index contributed by atoms with van der Waals surface area (Å²) < 4.78 is 0. The molecule has 2 nitrogen and oxygen atoms in total. The lowest BCUT2D eigenvalue weighted by molar-refractivity contribution is 0.322. The molecule has 0 aliphatic heterocycles. The Kier molecular flexibility index (Phi) is 7.80. The zero-order valence-corrected chi connectivity index (χ0v) is 16.4. The Labute approximate surface area is 172 Å². The Morgan fingerprint density at radius 2 is 1.38 bits per heavy atom. The van der Waals surface area contributed by atoms with Crippen LogP contribution in [0.4, 0.5) is 0 Å². The smallest absolute Gasteiger partial charge is 0.0734 e. The Morgan fingerprint density at radius 1 is 0.724 bits per heavy atom. The quantitative estimate of drug-likeness (QED) is 0.253. The van der Waals surface area contributed by atoms with E-state index in [-0.39, 0.29) is 0 Å². The maximum Gasteiger partial charge on any atom is 0.0734 e. The average Bonchev–Trinajstić information content (AvgIpc) is 2.77. The number of rotatable bonds is 8. The molecule has 0 fully saturated rings. The number of hydrogen-bond acceptors (Lipinski definition) is 2. The van der Waals surface area contributed by atoms with Crippen molar-refractivity contribution in [2.45, 2.75) is 12.8 Å². The second-order valence-corrected chi connectivity index (χ2v) is 6.67. The summed E-state index contributed by atoms with van der Waals surface area (Å²) in [6.45, 7) is 0. The van der Waals surface area contributed by atoms with Crippen molar-refractivity contribution in [3.05, 3.63) is 125 Å². The number of allylic oxidation sites excluding steroid dienone is 4. The van der Waals surface area contributed by atoms with Crippen LogP contribution < -0.4 is 0 Å². The summed E-state index contributed by atoms with van der Waals surface area (Å²) >= 11 is 0. The van der Waals surface area contributed by atoms with Gasteiger partial charge in [-0.2, -0.15) is 0 Å². The van der Waals surface area contributed by atoms with Gasteiger partial charge >= 0.3 is 0 Å². The van der Waals surface area contributed by atoms with Crippen LogP contribution in [-0.2, 0) is 0 Å². The van der Waals surface area contributed by atoms with Crippen LogP contribution in [0.25, 0.3) is 17.7 Å². The molecule has 0 aromatic heterocycles. The maximum absolute atomic E-state index is 8.70. The minimum atomic E-state index is 0.849. The summed E-state index contributed by atoms with van der Waals surface area (Å²) in [6.07, 6.45) is 14.1. The van der Waals surface area contributed by atoms with Crippen LogP contribution in [0.5, 0.6) is 0 Å². The molecule has 2 heteroatoms. The van der Waals surface area contributed by atoms with E-state index in [0.29, 0.717) is 0 Å². The highest BCUT2D eigenvalue weighted by atomic mass is 16.4. The molecule has 1 N–H and O–H groups in total. The largest absolute Gasteiger partial charge is 0.411 e. The molecule has 29 heavy (non-hydrogen) atoms. The maximum atomic E-state index is 8.70. The zero-order chi connectivity index (χ0) is 20.2. The summed E-state index contributed by atoms with van der Waals surface area (Å²) in [5, 5.41) is 11.8. The number of nitrogens with zero attached hydrogens (tertiary/aromatic N) is 1. The van der Waals surface area contributed by atoms with Crippen molar-refractivity contribution in [3.63, 3.8) is 0 Å².